The summed E-state index contributed by atoms with van der Waals surface area (Å²) in [7, 11) is 0. The van der Waals surface area contributed by atoms with E-state index in [1.807, 2.05) is 31.3 Å². The summed E-state index contributed by atoms with van der Waals surface area (Å²) in [6, 6.07) is 7.99. The van der Waals surface area contributed by atoms with Gasteiger partial charge in [0.05, 0.1) is 0 Å². The fourth-order valence-electron chi connectivity index (χ4n) is 2.42. The van der Waals surface area contributed by atoms with Gasteiger partial charge in [-0.3, -0.25) is 0 Å². The molecule has 5 nitrogen and oxygen atoms in total. The number of H-pyrrole nitrogens is 1. The molecule has 0 saturated heterocycles. The zero-order chi connectivity index (χ0) is 15.1. The molecule has 0 radical (unpaired) electrons. The zero-order valence-electron chi connectivity index (χ0n) is 12.4. The second-order valence-electron chi connectivity index (χ2n) is 5.13. The highest BCUT2D eigenvalue weighted by molar-refractivity contribution is 5.83. The standard InChI is InChI=1S/C16H23N3O2/c1-2-13(8-10-20)19-16(21)17-9-7-12-11-18-15-6-4-3-5-14(12)15/h3-6,11,13,18,20H,2,7-10H2,1H3,(H2,17,19,21). The summed E-state index contributed by atoms with van der Waals surface area (Å²) < 4.78 is 0. The molecule has 1 atom stereocenters. The van der Waals surface area contributed by atoms with Gasteiger partial charge in [-0.15, -0.1) is 0 Å². The number of para-hydroxylation sites is 1. The average molecular weight is 289 g/mol. The number of aromatic amines is 1. The SMILES string of the molecule is CCC(CCO)NC(=O)NCCc1c[nH]c2ccccc12. The zero-order valence-corrected chi connectivity index (χ0v) is 12.4. The minimum atomic E-state index is -0.171. The average Bonchev–Trinajstić information content (AvgIpc) is 2.90. The van der Waals surface area contributed by atoms with Crippen LogP contribution in [0.2, 0.25) is 0 Å². The molecule has 1 heterocycles. The molecule has 0 spiro atoms. The monoisotopic (exact) mass is 289 g/mol. The molecule has 0 aliphatic rings. The Balaban J connectivity index is 1.80. The van der Waals surface area contributed by atoms with E-state index in [9.17, 15) is 4.79 Å². The highest BCUT2D eigenvalue weighted by Crippen LogP contribution is 2.17. The van der Waals surface area contributed by atoms with E-state index in [1.54, 1.807) is 0 Å². The number of carbonyl (C=O) groups is 1. The number of benzene rings is 1. The number of hydrogen-bond donors (Lipinski definition) is 4. The van der Waals surface area contributed by atoms with Crippen molar-refractivity contribution in [2.24, 2.45) is 0 Å². The molecule has 2 amide bonds. The maximum absolute atomic E-state index is 11.8. The Labute approximate surface area is 124 Å². The second kappa shape index (κ2) is 7.69. The summed E-state index contributed by atoms with van der Waals surface area (Å²) in [5.74, 6) is 0. The van der Waals surface area contributed by atoms with Crippen LogP contribution in [0.25, 0.3) is 10.9 Å². The van der Waals surface area contributed by atoms with Gasteiger partial charge in [0.2, 0.25) is 0 Å². The molecule has 1 aromatic heterocycles. The number of amides is 2. The van der Waals surface area contributed by atoms with Crippen LogP contribution in [0.3, 0.4) is 0 Å². The molecule has 5 heteroatoms. The summed E-state index contributed by atoms with van der Waals surface area (Å²) >= 11 is 0. The van der Waals surface area contributed by atoms with E-state index in [1.165, 1.54) is 10.9 Å². The van der Waals surface area contributed by atoms with Gasteiger partial charge < -0.3 is 20.7 Å². The lowest BCUT2D eigenvalue weighted by molar-refractivity contribution is 0.228. The van der Waals surface area contributed by atoms with Gasteiger partial charge in [0.15, 0.2) is 0 Å². The number of urea groups is 1. The maximum atomic E-state index is 11.8. The number of rotatable bonds is 7. The lowest BCUT2D eigenvalue weighted by Crippen LogP contribution is -2.42. The topological polar surface area (TPSA) is 77.2 Å². The molecular weight excluding hydrogens is 266 g/mol. The summed E-state index contributed by atoms with van der Waals surface area (Å²) in [6.07, 6.45) is 4.18. The Morgan fingerprint density at radius 3 is 2.95 bits per heavy atom. The number of nitrogens with one attached hydrogen (secondary N) is 3. The minimum absolute atomic E-state index is 0.0306. The van der Waals surface area contributed by atoms with Crippen LogP contribution in [-0.4, -0.2) is 35.3 Å². The van der Waals surface area contributed by atoms with Crippen molar-refractivity contribution < 1.29 is 9.90 Å². The van der Waals surface area contributed by atoms with Crippen molar-refractivity contribution in [3.63, 3.8) is 0 Å². The highest BCUT2D eigenvalue weighted by Gasteiger charge is 2.09. The van der Waals surface area contributed by atoms with Crippen molar-refractivity contribution in [2.75, 3.05) is 13.2 Å². The first-order chi connectivity index (χ1) is 10.2. The van der Waals surface area contributed by atoms with Crippen molar-refractivity contribution in [1.82, 2.24) is 15.6 Å². The summed E-state index contributed by atoms with van der Waals surface area (Å²) in [4.78, 5) is 15.0. The molecule has 1 unspecified atom stereocenters. The molecule has 0 aliphatic carbocycles. The molecule has 1 aromatic carbocycles. The number of aromatic nitrogens is 1. The molecular formula is C16H23N3O2. The molecule has 114 valence electrons. The molecule has 0 aliphatic heterocycles. The Kier molecular flexibility index (Phi) is 5.63. The van der Waals surface area contributed by atoms with Crippen LogP contribution in [0.1, 0.15) is 25.3 Å². The Morgan fingerprint density at radius 1 is 1.38 bits per heavy atom. The van der Waals surface area contributed by atoms with Gasteiger partial charge >= 0.3 is 6.03 Å². The third kappa shape index (κ3) is 4.23. The van der Waals surface area contributed by atoms with Gasteiger partial charge in [-0.25, -0.2) is 4.79 Å². The second-order valence-corrected chi connectivity index (χ2v) is 5.13. The molecule has 4 N–H and O–H groups in total. The molecule has 0 saturated carbocycles. The van der Waals surface area contributed by atoms with Gasteiger partial charge in [-0.2, -0.15) is 0 Å². The first-order valence-electron chi connectivity index (χ1n) is 7.44. The van der Waals surface area contributed by atoms with E-state index in [4.69, 9.17) is 5.11 Å². The predicted octanol–water partition coefficient (Wildman–Crippen LogP) is 2.17. The first-order valence-corrected chi connectivity index (χ1v) is 7.44. The van der Waals surface area contributed by atoms with Crippen LogP contribution in [0, 0.1) is 0 Å². The molecule has 0 bridgehead atoms. The molecule has 21 heavy (non-hydrogen) atoms. The third-order valence-electron chi connectivity index (χ3n) is 3.66. The number of carbonyl (C=O) groups excluding carboxylic acids is 1. The van der Waals surface area contributed by atoms with Gasteiger partial charge in [0.25, 0.3) is 0 Å². The van der Waals surface area contributed by atoms with Gasteiger partial charge in [-0.05, 0) is 30.9 Å². The fourth-order valence-corrected chi connectivity index (χ4v) is 2.42. The van der Waals surface area contributed by atoms with E-state index in [0.29, 0.717) is 13.0 Å². The number of aliphatic hydroxyl groups is 1. The van der Waals surface area contributed by atoms with Crippen LogP contribution < -0.4 is 10.6 Å². The van der Waals surface area contributed by atoms with Crippen molar-refractivity contribution in [2.45, 2.75) is 32.2 Å². The highest BCUT2D eigenvalue weighted by atomic mass is 16.3. The minimum Gasteiger partial charge on any atom is -0.396 e. The fraction of sp³-hybridized carbons (Fsp3) is 0.438. The maximum Gasteiger partial charge on any atom is 0.315 e. The smallest absolute Gasteiger partial charge is 0.315 e. The summed E-state index contributed by atoms with van der Waals surface area (Å²) in [5, 5.41) is 15.8. The van der Waals surface area contributed by atoms with Crippen LogP contribution in [-0.2, 0) is 6.42 Å². The van der Waals surface area contributed by atoms with Crippen LogP contribution in [0.15, 0.2) is 30.5 Å². The van der Waals surface area contributed by atoms with Crippen LogP contribution in [0.5, 0.6) is 0 Å². The van der Waals surface area contributed by atoms with Crippen molar-refractivity contribution >= 4 is 16.9 Å². The third-order valence-corrected chi connectivity index (χ3v) is 3.66. The lowest BCUT2D eigenvalue weighted by atomic mass is 10.1. The van der Waals surface area contributed by atoms with Crippen LogP contribution >= 0.6 is 0 Å². The number of hydrogen-bond acceptors (Lipinski definition) is 2. The van der Waals surface area contributed by atoms with Crippen molar-refractivity contribution in [3.8, 4) is 0 Å². The van der Waals surface area contributed by atoms with E-state index in [0.717, 1.165) is 18.4 Å². The summed E-state index contributed by atoms with van der Waals surface area (Å²) in [5.41, 5.74) is 2.32. The Hall–Kier alpha value is -2.01. The Bertz CT molecular complexity index is 580. The number of aliphatic hydroxyl groups excluding tert-OH is 1. The number of fused-ring (bicyclic) bond motifs is 1. The van der Waals surface area contributed by atoms with Gasteiger partial charge in [-0.1, -0.05) is 25.1 Å². The van der Waals surface area contributed by atoms with E-state index in [2.05, 4.69) is 21.7 Å². The molecule has 2 rings (SSSR count). The van der Waals surface area contributed by atoms with Gasteiger partial charge in [0.1, 0.15) is 0 Å². The quantitative estimate of drug-likeness (QED) is 0.630. The van der Waals surface area contributed by atoms with E-state index >= 15 is 0 Å². The Morgan fingerprint density at radius 2 is 2.19 bits per heavy atom. The van der Waals surface area contributed by atoms with E-state index in [-0.39, 0.29) is 18.7 Å². The lowest BCUT2D eigenvalue weighted by Gasteiger charge is -2.16. The van der Waals surface area contributed by atoms with E-state index < -0.39 is 0 Å². The summed E-state index contributed by atoms with van der Waals surface area (Å²) in [6.45, 7) is 2.67. The van der Waals surface area contributed by atoms with Crippen molar-refractivity contribution in [3.05, 3.63) is 36.0 Å². The van der Waals surface area contributed by atoms with Crippen molar-refractivity contribution in [1.29, 1.82) is 0 Å². The largest absolute Gasteiger partial charge is 0.396 e. The predicted molar refractivity (Wildman–Crippen MR) is 84.3 cm³/mol. The molecule has 2 aromatic rings. The molecule has 0 fully saturated rings. The normalized spacial score (nSPS) is 12.3. The first kappa shape index (κ1) is 15.4. The van der Waals surface area contributed by atoms with Crippen LogP contribution in [0.4, 0.5) is 4.79 Å². The van der Waals surface area contributed by atoms with Gasteiger partial charge in [0, 0.05) is 36.3 Å².